The van der Waals surface area contributed by atoms with E-state index in [-0.39, 0.29) is 11.8 Å². The van der Waals surface area contributed by atoms with Gasteiger partial charge in [-0.2, -0.15) is 4.98 Å². The lowest BCUT2D eigenvalue weighted by molar-refractivity contribution is -0.128. The first kappa shape index (κ1) is 15.5. The molecule has 0 spiro atoms. The number of amides is 1. The van der Waals surface area contributed by atoms with Crippen molar-refractivity contribution in [3.63, 3.8) is 0 Å². The molecule has 1 aliphatic heterocycles. The van der Waals surface area contributed by atoms with Crippen molar-refractivity contribution in [3.05, 3.63) is 65.7 Å². The standard InChI is InChI=1S/C19H18N4O2/c1-13-2-4-14(5-3-13)11-23-12-16(10-17(23)24)18-21-19(25-22-18)15-6-8-20-9-7-15/h2-9,16H,10-12H2,1H3/t16-/m0/s1. The van der Waals surface area contributed by atoms with Crippen molar-refractivity contribution in [1.82, 2.24) is 20.0 Å². The Morgan fingerprint density at radius 3 is 2.68 bits per heavy atom. The van der Waals surface area contributed by atoms with Gasteiger partial charge in [-0.05, 0) is 24.6 Å². The zero-order chi connectivity index (χ0) is 17.2. The molecular weight excluding hydrogens is 316 g/mol. The molecule has 0 radical (unpaired) electrons. The molecule has 0 unspecified atom stereocenters. The van der Waals surface area contributed by atoms with Gasteiger partial charge in [0.25, 0.3) is 5.89 Å². The van der Waals surface area contributed by atoms with Gasteiger partial charge < -0.3 is 9.42 Å². The van der Waals surface area contributed by atoms with Crippen molar-refractivity contribution in [3.8, 4) is 11.5 Å². The number of carbonyl (C=O) groups is 1. The Bertz CT molecular complexity index is 874. The van der Waals surface area contributed by atoms with Crippen LogP contribution in [0, 0.1) is 6.92 Å². The maximum absolute atomic E-state index is 12.3. The number of pyridine rings is 1. The second kappa shape index (κ2) is 6.47. The summed E-state index contributed by atoms with van der Waals surface area (Å²) in [4.78, 5) is 22.6. The molecule has 6 nitrogen and oxygen atoms in total. The van der Waals surface area contributed by atoms with Crippen molar-refractivity contribution < 1.29 is 9.32 Å². The minimum Gasteiger partial charge on any atom is -0.338 e. The smallest absolute Gasteiger partial charge is 0.258 e. The van der Waals surface area contributed by atoms with Crippen LogP contribution in [-0.4, -0.2) is 32.5 Å². The fraction of sp³-hybridized carbons (Fsp3) is 0.263. The second-order valence-corrected chi connectivity index (χ2v) is 6.35. The number of carbonyl (C=O) groups excluding carboxylic acids is 1. The van der Waals surface area contributed by atoms with Gasteiger partial charge in [-0.3, -0.25) is 9.78 Å². The van der Waals surface area contributed by atoms with E-state index in [1.54, 1.807) is 12.4 Å². The number of benzene rings is 1. The van der Waals surface area contributed by atoms with Crippen LogP contribution in [0.25, 0.3) is 11.5 Å². The van der Waals surface area contributed by atoms with Gasteiger partial charge in [0.15, 0.2) is 5.82 Å². The third-order valence-electron chi connectivity index (χ3n) is 4.44. The summed E-state index contributed by atoms with van der Waals surface area (Å²) in [5, 5.41) is 4.08. The second-order valence-electron chi connectivity index (χ2n) is 6.35. The molecule has 0 saturated carbocycles. The highest BCUT2D eigenvalue weighted by Crippen LogP contribution is 2.29. The number of likely N-dealkylation sites (tertiary alicyclic amines) is 1. The van der Waals surface area contributed by atoms with Gasteiger partial charge >= 0.3 is 0 Å². The molecule has 6 heteroatoms. The van der Waals surface area contributed by atoms with Gasteiger partial charge in [0.2, 0.25) is 5.91 Å². The Labute approximate surface area is 145 Å². The van der Waals surface area contributed by atoms with Crippen LogP contribution in [-0.2, 0) is 11.3 Å². The maximum atomic E-state index is 12.3. The fourth-order valence-electron chi connectivity index (χ4n) is 3.02. The Hall–Kier alpha value is -3.02. The number of hydrogen-bond donors (Lipinski definition) is 0. The summed E-state index contributed by atoms with van der Waals surface area (Å²) in [5.41, 5.74) is 3.17. The predicted molar refractivity (Wildman–Crippen MR) is 91.5 cm³/mol. The molecule has 0 bridgehead atoms. The molecule has 3 aromatic rings. The van der Waals surface area contributed by atoms with Crippen LogP contribution >= 0.6 is 0 Å². The van der Waals surface area contributed by atoms with Gasteiger partial charge in [-0.1, -0.05) is 35.0 Å². The molecule has 2 aromatic heterocycles. The lowest BCUT2D eigenvalue weighted by Gasteiger charge is -2.16. The summed E-state index contributed by atoms with van der Waals surface area (Å²) >= 11 is 0. The Kier molecular flexibility index (Phi) is 4.01. The normalized spacial score (nSPS) is 17.2. The van der Waals surface area contributed by atoms with Crippen LogP contribution in [0.2, 0.25) is 0 Å². The molecule has 4 rings (SSSR count). The van der Waals surface area contributed by atoms with Gasteiger partial charge in [0.1, 0.15) is 0 Å². The SMILES string of the molecule is Cc1ccc(CN2C[C@@H](c3noc(-c4ccncc4)n3)CC2=O)cc1. The highest BCUT2D eigenvalue weighted by Gasteiger charge is 2.33. The van der Waals surface area contributed by atoms with E-state index in [1.807, 2.05) is 17.0 Å². The number of nitrogens with zero attached hydrogens (tertiary/aromatic N) is 4. The zero-order valence-corrected chi connectivity index (χ0v) is 13.9. The summed E-state index contributed by atoms with van der Waals surface area (Å²) < 4.78 is 5.35. The summed E-state index contributed by atoms with van der Waals surface area (Å²) in [7, 11) is 0. The molecule has 25 heavy (non-hydrogen) atoms. The van der Waals surface area contributed by atoms with Crippen LogP contribution in [0.3, 0.4) is 0 Å². The van der Waals surface area contributed by atoms with Crippen LogP contribution in [0.15, 0.2) is 53.3 Å². The Morgan fingerprint density at radius 1 is 1.16 bits per heavy atom. The van der Waals surface area contributed by atoms with E-state index in [0.717, 1.165) is 11.1 Å². The van der Waals surface area contributed by atoms with Gasteiger partial charge in [0, 0.05) is 43.4 Å². The summed E-state index contributed by atoms with van der Waals surface area (Å²) in [6, 6.07) is 11.9. The fourth-order valence-corrected chi connectivity index (χ4v) is 3.02. The number of aryl methyl sites for hydroxylation is 1. The minimum atomic E-state index is -0.0303. The molecule has 126 valence electrons. The molecule has 1 atom stereocenters. The van der Waals surface area contributed by atoms with E-state index in [2.05, 4.69) is 46.3 Å². The first-order valence-corrected chi connectivity index (χ1v) is 8.26. The first-order chi connectivity index (χ1) is 12.2. The molecule has 3 heterocycles. The quantitative estimate of drug-likeness (QED) is 0.733. The van der Waals surface area contributed by atoms with Gasteiger partial charge in [0.05, 0.1) is 0 Å². The van der Waals surface area contributed by atoms with Crippen molar-refractivity contribution in [1.29, 1.82) is 0 Å². The minimum absolute atomic E-state index is 0.0303. The molecule has 1 aliphatic rings. The summed E-state index contributed by atoms with van der Waals surface area (Å²) in [5.74, 6) is 1.14. The largest absolute Gasteiger partial charge is 0.338 e. The molecule has 0 N–H and O–H groups in total. The third-order valence-corrected chi connectivity index (χ3v) is 4.44. The van der Waals surface area contributed by atoms with Crippen LogP contribution in [0.1, 0.15) is 29.3 Å². The Balaban J connectivity index is 1.47. The van der Waals surface area contributed by atoms with Crippen LogP contribution < -0.4 is 0 Å². The first-order valence-electron chi connectivity index (χ1n) is 8.26. The lowest BCUT2D eigenvalue weighted by Crippen LogP contribution is -2.24. The van der Waals surface area contributed by atoms with E-state index in [0.29, 0.717) is 31.2 Å². The zero-order valence-electron chi connectivity index (χ0n) is 13.9. The van der Waals surface area contributed by atoms with Crippen molar-refractivity contribution in [2.24, 2.45) is 0 Å². The van der Waals surface area contributed by atoms with Crippen molar-refractivity contribution in [2.45, 2.75) is 25.8 Å². The number of rotatable bonds is 4. The average Bonchev–Trinajstić information content (AvgIpc) is 3.25. The number of aromatic nitrogens is 3. The van der Waals surface area contributed by atoms with Gasteiger partial charge in [-0.15, -0.1) is 0 Å². The molecule has 1 amide bonds. The lowest BCUT2D eigenvalue weighted by atomic mass is 10.1. The molecule has 1 fully saturated rings. The topological polar surface area (TPSA) is 72.1 Å². The van der Waals surface area contributed by atoms with Crippen molar-refractivity contribution in [2.75, 3.05) is 6.54 Å². The van der Waals surface area contributed by atoms with E-state index in [1.165, 1.54) is 5.56 Å². The van der Waals surface area contributed by atoms with E-state index >= 15 is 0 Å². The van der Waals surface area contributed by atoms with Gasteiger partial charge in [-0.25, -0.2) is 0 Å². The van der Waals surface area contributed by atoms with E-state index in [4.69, 9.17) is 4.52 Å². The van der Waals surface area contributed by atoms with E-state index in [9.17, 15) is 4.79 Å². The monoisotopic (exact) mass is 334 g/mol. The van der Waals surface area contributed by atoms with Crippen LogP contribution in [0.5, 0.6) is 0 Å². The molecular formula is C19H18N4O2. The average molecular weight is 334 g/mol. The Morgan fingerprint density at radius 2 is 1.92 bits per heavy atom. The highest BCUT2D eigenvalue weighted by molar-refractivity contribution is 5.79. The highest BCUT2D eigenvalue weighted by atomic mass is 16.5. The molecule has 0 aliphatic carbocycles. The predicted octanol–water partition coefficient (Wildman–Crippen LogP) is 2.96. The van der Waals surface area contributed by atoms with Crippen LogP contribution in [0.4, 0.5) is 0 Å². The number of hydrogen-bond acceptors (Lipinski definition) is 5. The van der Waals surface area contributed by atoms with E-state index < -0.39 is 0 Å². The van der Waals surface area contributed by atoms with Crippen molar-refractivity contribution >= 4 is 5.91 Å². The molecule has 1 aromatic carbocycles. The third kappa shape index (κ3) is 3.28. The maximum Gasteiger partial charge on any atom is 0.258 e. The molecule has 1 saturated heterocycles. The summed E-state index contributed by atoms with van der Waals surface area (Å²) in [6.45, 7) is 3.28. The summed E-state index contributed by atoms with van der Waals surface area (Å²) in [6.07, 6.45) is 3.78.